The first-order valence-electron chi connectivity index (χ1n) is 7.05. The molecule has 0 spiro atoms. The molecule has 2 unspecified atom stereocenters. The minimum Gasteiger partial charge on any atom is -0.468 e. The van der Waals surface area contributed by atoms with E-state index in [2.05, 4.69) is 11.8 Å². The van der Waals surface area contributed by atoms with Crippen molar-refractivity contribution in [3.63, 3.8) is 0 Å². The van der Waals surface area contributed by atoms with Crippen LogP contribution in [0.25, 0.3) is 0 Å². The van der Waals surface area contributed by atoms with Gasteiger partial charge in [-0.2, -0.15) is 0 Å². The Kier molecular flexibility index (Phi) is 6.09. The van der Waals surface area contributed by atoms with Crippen LogP contribution in [0.3, 0.4) is 0 Å². The number of rotatable bonds is 6. The standard InChI is InChI=1S/C14H28N2O2/c1-12-7-6-10-16(11-12)9-5-4-8-14(2,15)13(17)18-3/h12H,4-11,15H2,1-3H3. The third-order valence-corrected chi connectivity index (χ3v) is 3.81. The van der Waals surface area contributed by atoms with Crippen molar-refractivity contribution in [3.05, 3.63) is 0 Å². The molecule has 0 aromatic rings. The number of carbonyl (C=O) groups excluding carboxylic acids is 1. The maximum atomic E-state index is 11.4. The summed E-state index contributed by atoms with van der Waals surface area (Å²) in [5.41, 5.74) is 5.09. The van der Waals surface area contributed by atoms with Crippen LogP contribution in [0.1, 0.15) is 46.0 Å². The first-order valence-corrected chi connectivity index (χ1v) is 7.05. The van der Waals surface area contributed by atoms with Crippen molar-refractivity contribution in [2.75, 3.05) is 26.7 Å². The molecule has 18 heavy (non-hydrogen) atoms. The second kappa shape index (κ2) is 7.10. The molecule has 1 saturated heterocycles. The summed E-state index contributed by atoms with van der Waals surface area (Å²) in [6.45, 7) is 7.64. The van der Waals surface area contributed by atoms with Gasteiger partial charge >= 0.3 is 5.97 Å². The molecule has 1 rings (SSSR count). The van der Waals surface area contributed by atoms with E-state index in [1.165, 1.54) is 33.0 Å². The average molecular weight is 256 g/mol. The number of nitrogens with zero attached hydrogens (tertiary/aromatic N) is 1. The van der Waals surface area contributed by atoms with E-state index in [4.69, 9.17) is 10.5 Å². The zero-order valence-corrected chi connectivity index (χ0v) is 12.1. The number of unbranched alkanes of at least 4 members (excludes halogenated alkanes) is 1. The summed E-state index contributed by atoms with van der Waals surface area (Å²) in [5.74, 6) is 0.516. The van der Waals surface area contributed by atoms with E-state index < -0.39 is 5.54 Å². The number of piperidine rings is 1. The largest absolute Gasteiger partial charge is 0.468 e. The minimum atomic E-state index is -0.829. The topological polar surface area (TPSA) is 55.6 Å². The summed E-state index contributed by atoms with van der Waals surface area (Å²) < 4.78 is 4.70. The third-order valence-electron chi connectivity index (χ3n) is 3.81. The van der Waals surface area contributed by atoms with Crippen molar-refractivity contribution < 1.29 is 9.53 Å². The Labute approximate surface area is 111 Å². The van der Waals surface area contributed by atoms with Crippen LogP contribution in [0.15, 0.2) is 0 Å². The van der Waals surface area contributed by atoms with Gasteiger partial charge in [0.2, 0.25) is 0 Å². The summed E-state index contributed by atoms with van der Waals surface area (Å²) in [7, 11) is 1.39. The maximum absolute atomic E-state index is 11.4. The zero-order valence-electron chi connectivity index (χ0n) is 12.1. The number of ether oxygens (including phenoxy) is 1. The Morgan fingerprint density at radius 2 is 2.22 bits per heavy atom. The Morgan fingerprint density at radius 3 is 2.83 bits per heavy atom. The lowest BCUT2D eigenvalue weighted by Crippen LogP contribution is -2.45. The monoisotopic (exact) mass is 256 g/mol. The normalized spacial score (nSPS) is 24.6. The number of nitrogens with two attached hydrogens (primary N) is 1. The lowest BCUT2D eigenvalue weighted by molar-refractivity contribution is -0.146. The fourth-order valence-corrected chi connectivity index (χ4v) is 2.65. The van der Waals surface area contributed by atoms with E-state index in [1.807, 2.05) is 0 Å². The van der Waals surface area contributed by atoms with Crippen LogP contribution in [0, 0.1) is 5.92 Å². The van der Waals surface area contributed by atoms with Crippen molar-refractivity contribution >= 4 is 5.97 Å². The molecule has 1 aliphatic rings. The lowest BCUT2D eigenvalue weighted by atomic mass is 9.95. The molecule has 2 N–H and O–H groups in total. The van der Waals surface area contributed by atoms with E-state index in [0.29, 0.717) is 6.42 Å². The molecule has 0 aromatic carbocycles. The molecule has 4 heteroatoms. The van der Waals surface area contributed by atoms with Crippen LogP contribution < -0.4 is 5.73 Å². The van der Waals surface area contributed by atoms with Crippen molar-refractivity contribution in [2.24, 2.45) is 11.7 Å². The molecule has 1 aliphatic heterocycles. The van der Waals surface area contributed by atoms with E-state index in [9.17, 15) is 4.79 Å². The molecule has 1 fully saturated rings. The quantitative estimate of drug-likeness (QED) is 0.581. The molecule has 2 atom stereocenters. The molecule has 0 radical (unpaired) electrons. The van der Waals surface area contributed by atoms with Gasteiger partial charge < -0.3 is 15.4 Å². The predicted octanol–water partition coefficient (Wildman–Crippen LogP) is 1.78. The average Bonchev–Trinajstić information content (AvgIpc) is 2.33. The van der Waals surface area contributed by atoms with Gasteiger partial charge in [-0.15, -0.1) is 0 Å². The van der Waals surface area contributed by atoms with Crippen molar-refractivity contribution in [1.82, 2.24) is 4.90 Å². The molecular weight excluding hydrogens is 228 g/mol. The second-order valence-corrected chi connectivity index (χ2v) is 5.91. The first kappa shape index (κ1) is 15.4. The Hall–Kier alpha value is -0.610. The number of esters is 1. The Balaban J connectivity index is 2.16. The maximum Gasteiger partial charge on any atom is 0.325 e. The van der Waals surface area contributed by atoms with Gasteiger partial charge in [-0.1, -0.05) is 6.92 Å². The molecule has 0 aromatic heterocycles. The molecule has 4 nitrogen and oxygen atoms in total. The molecule has 1 heterocycles. The Bertz CT molecular complexity index is 267. The highest BCUT2D eigenvalue weighted by Gasteiger charge is 2.28. The highest BCUT2D eigenvalue weighted by atomic mass is 16.5. The van der Waals surface area contributed by atoms with Gasteiger partial charge in [-0.3, -0.25) is 4.79 Å². The van der Waals surface area contributed by atoms with Crippen LogP contribution in [0.2, 0.25) is 0 Å². The van der Waals surface area contributed by atoms with E-state index >= 15 is 0 Å². The number of hydrogen-bond acceptors (Lipinski definition) is 4. The van der Waals surface area contributed by atoms with E-state index in [1.54, 1.807) is 6.92 Å². The van der Waals surface area contributed by atoms with Gasteiger partial charge in [0.1, 0.15) is 5.54 Å². The van der Waals surface area contributed by atoms with Gasteiger partial charge in [-0.25, -0.2) is 0 Å². The second-order valence-electron chi connectivity index (χ2n) is 5.91. The zero-order chi connectivity index (χ0) is 13.6. The molecule has 0 amide bonds. The minimum absolute atomic E-state index is 0.311. The van der Waals surface area contributed by atoms with Crippen molar-refractivity contribution in [3.8, 4) is 0 Å². The van der Waals surface area contributed by atoms with Crippen LogP contribution >= 0.6 is 0 Å². The number of methoxy groups -OCH3 is 1. The van der Waals surface area contributed by atoms with Gasteiger partial charge in [0.15, 0.2) is 0 Å². The highest BCUT2D eigenvalue weighted by Crippen LogP contribution is 2.17. The van der Waals surface area contributed by atoms with Crippen molar-refractivity contribution in [1.29, 1.82) is 0 Å². The molecule has 0 saturated carbocycles. The number of hydrogen-bond donors (Lipinski definition) is 1. The van der Waals surface area contributed by atoms with E-state index in [0.717, 1.165) is 25.3 Å². The first-order chi connectivity index (χ1) is 8.45. The fraction of sp³-hybridized carbons (Fsp3) is 0.929. The van der Waals surface area contributed by atoms with Crippen LogP contribution in [-0.4, -0.2) is 43.2 Å². The lowest BCUT2D eigenvalue weighted by Gasteiger charge is -2.31. The van der Waals surface area contributed by atoms with Gasteiger partial charge in [0.05, 0.1) is 7.11 Å². The smallest absolute Gasteiger partial charge is 0.325 e. The summed E-state index contributed by atoms with van der Waals surface area (Å²) in [6.07, 6.45) is 5.46. The third kappa shape index (κ3) is 4.94. The van der Waals surface area contributed by atoms with Gasteiger partial charge in [0, 0.05) is 6.54 Å². The summed E-state index contributed by atoms with van der Waals surface area (Å²) in [4.78, 5) is 13.9. The molecule has 0 bridgehead atoms. The fourth-order valence-electron chi connectivity index (χ4n) is 2.65. The Morgan fingerprint density at radius 1 is 1.50 bits per heavy atom. The van der Waals surface area contributed by atoms with Crippen LogP contribution in [0.4, 0.5) is 0 Å². The van der Waals surface area contributed by atoms with Gasteiger partial charge in [-0.05, 0) is 58.0 Å². The predicted molar refractivity (Wildman–Crippen MR) is 73.3 cm³/mol. The van der Waals surface area contributed by atoms with Crippen LogP contribution in [-0.2, 0) is 9.53 Å². The SMILES string of the molecule is COC(=O)C(C)(N)CCCCN1CCCC(C)C1. The van der Waals surface area contributed by atoms with E-state index in [-0.39, 0.29) is 5.97 Å². The molecule has 0 aliphatic carbocycles. The summed E-state index contributed by atoms with van der Waals surface area (Å²) in [5, 5.41) is 0. The summed E-state index contributed by atoms with van der Waals surface area (Å²) in [6, 6.07) is 0. The van der Waals surface area contributed by atoms with Crippen LogP contribution in [0.5, 0.6) is 0 Å². The number of carbonyl (C=O) groups is 1. The highest BCUT2D eigenvalue weighted by molar-refractivity contribution is 5.79. The molecular formula is C14H28N2O2. The van der Waals surface area contributed by atoms with Crippen molar-refractivity contribution in [2.45, 2.75) is 51.5 Å². The number of likely N-dealkylation sites (tertiary alicyclic amines) is 1. The van der Waals surface area contributed by atoms with Gasteiger partial charge in [0.25, 0.3) is 0 Å². The summed E-state index contributed by atoms with van der Waals surface area (Å²) >= 11 is 0. The molecule has 106 valence electrons.